The number of phosphoric acid groups is 1. The maximum Gasteiger partial charge on any atom is 1.00 e. The van der Waals surface area contributed by atoms with Gasteiger partial charge in [0.2, 0.25) is 35.4 Å². The van der Waals surface area contributed by atoms with Gasteiger partial charge in [0.25, 0.3) is 7.82 Å². The van der Waals surface area contributed by atoms with Crippen molar-refractivity contribution in [2.75, 3.05) is 33.0 Å². The van der Waals surface area contributed by atoms with Gasteiger partial charge in [0.05, 0.1) is 19.8 Å². The number of nitrogens with two attached hydrogens (primary N) is 1. The fourth-order valence-electron chi connectivity index (χ4n) is 8.95. The van der Waals surface area contributed by atoms with Crippen LogP contribution in [0.5, 0.6) is 0 Å². The van der Waals surface area contributed by atoms with Gasteiger partial charge in [0, 0.05) is 32.7 Å². The summed E-state index contributed by atoms with van der Waals surface area (Å²) in [6.07, 6.45) is 21.0. The summed E-state index contributed by atoms with van der Waals surface area (Å²) in [7, 11) is -5.06. The monoisotopic (exact) mass is 1260 g/mol. The maximum atomic E-state index is 13.0. The van der Waals surface area contributed by atoms with E-state index in [-0.39, 0.29) is 61.7 Å². The smallest absolute Gasteiger partial charge is 0.756 e. The topological polar surface area (TPSA) is 387 Å². The first-order valence-electron chi connectivity index (χ1n) is 31.3. The molecule has 0 bridgehead atoms. The second-order valence-corrected chi connectivity index (χ2v) is 23.4. The first-order chi connectivity index (χ1) is 40.5. The van der Waals surface area contributed by atoms with Crippen LogP contribution in [-0.2, 0) is 71.0 Å². The summed E-state index contributed by atoms with van der Waals surface area (Å²) in [5.74, 6) is -6.26. The standard InChI is InChI=1S/C59H109N6O19P.Na/c1-7-9-11-13-15-17-19-21-23-25-27-29-31-33-52(71)80-41-47(84-53(72)34-32-30-28-26-24-22-20-18-16-14-12-10-8-2)42-82-85(78,79)81-38-37-61-57(75)43(3)62-51(70)36-35-48(56(60)74)65-58(76)44(4)63-59(77)45(5)83-55(54(73)50(69)40-67)49(39-66)64-46(6)68;/h39,43-45,47-50,54-55,67,69,73H,7-38,40-42H2,1-6H3,(H2,60,74)(H,61,75)(H,62,70)(H,63,77)(H,64,68)(H,65,76)(H,78,79);/q;+1/p-1/t43-,44-,45+,47+,48+,49?,50+,54+,55+;/m0./s1. The maximum absolute atomic E-state index is 13.0. The molecule has 0 rings (SSSR count). The average Bonchev–Trinajstić information content (AvgIpc) is 3.34. The number of primary amides is 1. The average molecular weight is 1260 g/mol. The zero-order valence-corrected chi connectivity index (χ0v) is 55.8. The number of nitrogens with one attached hydrogen (secondary N) is 5. The van der Waals surface area contributed by atoms with Crippen molar-refractivity contribution in [1.29, 1.82) is 0 Å². The number of rotatable bonds is 56. The molecule has 494 valence electrons. The fraction of sp³-hybridized carbons (Fsp3) is 0.847. The third-order valence-corrected chi connectivity index (χ3v) is 15.1. The minimum Gasteiger partial charge on any atom is -0.756 e. The summed E-state index contributed by atoms with van der Waals surface area (Å²) >= 11 is 0. The van der Waals surface area contributed by atoms with Gasteiger partial charge in [-0.2, -0.15) is 0 Å². The molecular weight excluding hydrogens is 1150 g/mol. The van der Waals surface area contributed by atoms with Crippen molar-refractivity contribution in [2.24, 2.45) is 5.73 Å². The number of amides is 6. The summed E-state index contributed by atoms with van der Waals surface area (Å²) < 4.78 is 39.1. The molecule has 0 saturated heterocycles. The van der Waals surface area contributed by atoms with E-state index in [1.807, 2.05) is 0 Å². The van der Waals surface area contributed by atoms with Crippen LogP contribution in [0.25, 0.3) is 0 Å². The number of hydrogen-bond acceptors (Lipinski definition) is 19. The SMILES string of the molecule is CCCCCCCCCCCCCCCC(=O)OC[C@H](COP(=O)([O-])OCCNC(=O)[C@H](C)NC(=O)CC[C@@H](NC(=O)[C@H](C)NC(=O)[C@@H](C)O[C@H](C(C=O)NC(C)=O)[C@H](O)[C@H](O)CO)C(N)=O)OC(=O)CCCCCCCCCCCCCCC.[Na+]. The van der Waals surface area contributed by atoms with Gasteiger partial charge in [0.15, 0.2) is 6.10 Å². The van der Waals surface area contributed by atoms with Crippen LogP contribution in [0.4, 0.5) is 0 Å². The van der Waals surface area contributed by atoms with Gasteiger partial charge in [-0.25, -0.2) is 0 Å². The van der Waals surface area contributed by atoms with Gasteiger partial charge in [0.1, 0.15) is 61.5 Å². The number of aliphatic hydroxyl groups excluding tert-OH is 3. The molecule has 0 saturated carbocycles. The van der Waals surface area contributed by atoms with Crippen LogP contribution < -0.4 is 66.8 Å². The molecule has 0 aliphatic heterocycles. The molecule has 0 aromatic heterocycles. The van der Waals surface area contributed by atoms with Crippen LogP contribution in [0, 0.1) is 0 Å². The Balaban J connectivity index is 0. The van der Waals surface area contributed by atoms with Crippen LogP contribution in [0.2, 0.25) is 0 Å². The zero-order valence-electron chi connectivity index (χ0n) is 52.9. The molecule has 2 unspecified atom stereocenters. The Kier molecular flexibility index (Phi) is 52.3. The van der Waals surface area contributed by atoms with Gasteiger partial charge < -0.3 is 80.6 Å². The molecule has 86 heavy (non-hydrogen) atoms. The molecule has 0 aromatic rings. The van der Waals surface area contributed by atoms with Crippen molar-refractivity contribution >= 4 is 61.5 Å². The van der Waals surface area contributed by atoms with Crippen molar-refractivity contribution < 1.29 is 121 Å². The number of ether oxygens (including phenoxy) is 3. The van der Waals surface area contributed by atoms with Crippen LogP contribution in [0.3, 0.4) is 0 Å². The fourth-order valence-corrected chi connectivity index (χ4v) is 9.69. The van der Waals surface area contributed by atoms with Gasteiger partial charge in [-0.15, -0.1) is 0 Å². The van der Waals surface area contributed by atoms with Crippen LogP contribution >= 0.6 is 7.82 Å². The molecule has 0 spiro atoms. The van der Waals surface area contributed by atoms with Crippen LogP contribution in [0.15, 0.2) is 0 Å². The van der Waals surface area contributed by atoms with E-state index < -0.39 is 143 Å². The Morgan fingerprint density at radius 2 is 1.07 bits per heavy atom. The summed E-state index contributed by atoms with van der Waals surface area (Å²) in [6, 6.07) is -5.54. The van der Waals surface area contributed by atoms with E-state index in [4.69, 9.17) is 29.0 Å². The Labute approximate surface area is 533 Å². The molecule has 0 heterocycles. The van der Waals surface area contributed by atoms with Gasteiger partial charge in [-0.3, -0.25) is 42.9 Å². The first-order valence-corrected chi connectivity index (χ1v) is 32.7. The molecule has 27 heteroatoms. The van der Waals surface area contributed by atoms with E-state index >= 15 is 0 Å². The summed E-state index contributed by atoms with van der Waals surface area (Å²) in [6.45, 7) is 6.18. The number of hydrogen-bond donors (Lipinski definition) is 9. The molecule has 0 aliphatic rings. The minimum absolute atomic E-state index is 0. The second-order valence-electron chi connectivity index (χ2n) is 22.0. The van der Waals surface area contributed by atoms with Crippen molar-refractivity contribution in [3.63, 3.8) is 0 Å². The summed E-state index contributed by atoms with van der Waals surface area (Å²) in [5, 5.41) is 41.3. The van der Waals surface area contributed by atoms with E-state index in [1.54, 1.807) is 0 Å². The van der Waals surface area contributed by atoms with Gasteiger partial charge >= 0.3 is 41.5 Å². The van der Waals surface area contributed by atoms with E-state index in [1.165, 1.54) is 124 Å². The largest absolute Gasteiger partial charge is 1.00 e. The number of phosphoric ester groups is 1. The number of carbonyl (C=O) groups excluding carboxylic acids is 9. The number of aldehydes is 1. The Morgan fingerprint density at radius 3 is 1.52 bits per heavy atom. The van der Waals surface area contributed by atoms with Crippen LogP contribution in [0.1, 0.15) is 234 Å². The van der Waals surface area contributed by atoms with Crippen molar-refractivity contribution in [3.8, 4) is 0 Å². The number of esters is 2. The molecule has 10 atom stereocenters. The van der Waals surface area contributed by atoms with Crippen molar-refractivity contribution in [3.05, 3.63) is 0 Å². The van der Waals surface area contributed by atoms with Crippen molar-refractivity contribution in [1.82, 2.24) is 26.6 Å². The quantitative estimate of drug-likeness (QED) is 0.0138. The molecule has 0 radical (unpaired) electrons. The van der Waals surface area contributed by atoms with E-state index in [9.17, 15) is 67.9 Å². The van der Waals surface area contributed by atoms with E-state index in [2.05, 4.69) is 40.4 Å². The molecule has 10 N–H and O–H groups in total. The normalized spacial score (nSPS) is 15.1. The molecule has 0 aliphatic carbocycles. The zero-order chi connectivity index (χ0) is 63.8. The summed E-state index contributed by atoms with van der Waals surface area (Å²) in [4.78, 5) is 125. The molecule has 25 nitrogen and oxygen atoms in total. The Morgan fingerprint density at radius 1 is 0.605 bits per heavy atom. The predicted molar refractivity (Wildman–Crippen MR) is 317 cm³/mol. The van der Waals surface area contributed by atoms with E-state index in [0.29, 0.717) is 12.8 Å². The summed E-state index contributed by atoms with van der Waals surface area (Å²) in [5.41, 5.74) is 5.46. The first kappa shape index (κ1) is 84.4. The minimum atomic E-state index is -5.06. The molecule has 0 fully saturated rings. The Bertz CT molecular complexity index is 1950. The second kappa shape index (κ2) is 53.2. The third-order valence-electron chi connectivity index (χ3n) is 14.1. The number of carbonyl (C=O) groups is 9. The van der Waals surface area contributed by atoms with E-state index in [0.717, 1.165) is 58.3 Å². The Hall–Kier alpha value is -3.62. The van der Waals surface area contributed by atoms with Crippen LogP contribution in [-0.4, -0.2) is 157 Å². The number of aliphatic hydroxyl groups is 3. The van der Waals surface area contributed by atoms with Gasteiger partial charge in [-0.05, 0) is 40.0 Å². The third kappa shape index (κ3) is 44.8. The number of unbranched alkanes of at least 4 members (excludes halogenated alkanes) is 24. The molecule has 6 amide bonds. The predicted octanol–water partition coefficient (Wildman–Crippen LogP) is 1.98. The molecular formula is C59H108N6NaO19P. The van der Waals surface area contributed by atoms with Gasteiger partial charge in [-0.1, -0.05) is 168 Å². The molecule has 0 aromatic carbocycles. The van der Waals surface area contributed by atoms with Crippen molar-refractivity contribution in [2.45, 2.75) is 289 Å².